The molecule has 0 aliphatic rings. The molecule has 4 aromatic rings. The number of hydrogen-bond donors (Lipinski definition) is 3. The van der Waals surface area contributed by atoms with Gasteiger partial charge in [-0.15, -0.1) is 11.3 Å². The van der Waals surface area contributed by atoms with Crippen molar-refractivity contribution in [2.75, 3.05) is 5.32 Å². The second kappa shape index (κ2) is 7.84. The zero-order valence-electron chi connectivity index (χ0n) is 14.7. The number of fused-ring (bicyclic) bond motifs is 2. The van der Waals surface area contributed by atoms with E-state index in [1.54, 1.807) is 35.7 Å². The summed E-state index contributed by atoms with van der Waals surface area (Å²) in [6.45, 7) is 0. The summed E-state index contributed by atoms with van der Waals surface area (Å²) in [6.07, 6.45) is 0. The Kier molecular flexibility index (Phi) is 5.55. The van der Waals surface area contributed by atoms with Crippen molar-refractivity contribution < 1.29 is 19.1 Å². The van der Waals surface area contributed by atoms with E-state index in [1.807, 2.05) is 24.3 Å². The van der Waals surface area contributed by atoms with Crippen molar-refractivity contribution in [3.63, 3.8) is 0 Å². The summed E-state index contributed by atoms with van der Waals surface area (Å²) in [4.78, 5) is 32.8. The van der Waals surface area contributed by atoms with Gasteiger partial charge in [0.05, 0.1) is 0 Å². The molecule has 0 spiro atoms. The summed E-state index contributed by atoms with van der Waals surface area (Å²) >= 11 is 10.8. The lowest BCUT2D eigenvalue weighted by atomic mass is 10.1. The van der Waals surface area contributed by atoms with Crippen LogP contribution in [0.4, 0.5) is 5.69 Å². The Morgan fingerprint density at radius 1 is 1.07 bits per heavy atom. The van der Waals surface area contributed by atoms with Gasteiger partial charge in [-0.1, -0.05) is 39.7 Å². The summed E-state index contributed by atoms with van der Waals surface area (Å²) in [5.74, 6) is -0.769. The molecular formula is C20H14BrClNO4PS. The van der Waals surface area contributed by atoms with Gasteiger partial charge in [0.2, 0.25) is 5.91 Å². The molecule has 1 unspecified atom stereocenters. The van der Waals surface area contributed by atoms with Crippen molar-refractivity contribution in [3.05, 3.63) is 75.0 Å². The molecule has 4 rings (SSSR count). The highest BCUT2D eigenvalue weighted by Gasteiger charge is 2.39. The lowest BCUT2D eigenvalue weighted by Gasteiger charge is -2.18. The molecular weight excluding hydrogens is 497 g/mol. The first-order valence-corrected chi connectivity index (χ1v) is 12.2. The second-order valence-corrected chi connectivity index (χ2v) is 10.5. The van der Waals surface area contributed by atoms with E-state index in [9.17, 15) is 19.1 Å². The van der Waals surface area contributed by atoms with Crippen LogP contribution in [0.5, 0.6) is 0 Å². The van der Waals surface area contributed by atoms with Crippen LogP contribution < -0.4 is 5.32 Å². The minimum absolute atomic E-state index is 0.267. The monoisotopic (exact) mass is 509 g/mol. The van der Waals surface area contributed by atoms with Gasteiger partial charge in [0.25, 0.3) is 0 Å². The van der Waals surface area contributed by atoms with E-state index in [0.717, 1.165) is 19.9 Å². The van der Waals surface area contributed by atoms with E-state index in [-0.39, 0.29) is 5.56 Å². The molecule has 1 amide bonds. The fourth-order valence-electron chi connectivity index (χ4n) is 3.21. The third-order valence-corrected chi connectivity index (χ3v) is 7.41. The van der Waals surface area contributed by atoms with Gasteiger partial charge < -0.3 is 15.1 Å². The molecule has 0 aliphatic carbocycles. The molecule has 0 fully saturated rings. The number of hydrogen-bond acceptors (Lipinski definition) is 3. The fraction of sp³-hybridized carbons (Fsp3) is 0.0500. The standard InChI is InChI=1S/C20H14BrClNO4PS/c21-13-3-1-12-8-15(5-2-11(12)7-13)23-20(24)19(28(25,26)27)17-10-29-18-6-4-14(22)9-16(17)18/h1-10,19H,(H,23,24)(H2,25,26,27). The van der Waals surface area contributed by atoms with Crippen LogP contribution in [-0.4, -0.2) is 15.7 Å². The molecule has 0 saturated carbocycles. The number of rotatable bonds is 4. The van der Waals surface area contributed by atoms with Crippen molar-refractivity contribution in [3.8, 4) is 0 Å². The molecule has 3 N–H and O–H groups in total. The maximum absolute atomic E-state index is 12.9. The number of thiophene rings is 1. The summed E-state index contributed by atoms with van der Waals surface area (Å²) in [5.41, 5.74) is -0.903. The van der Waals surface area contributed by atoms with Gasteiger partial charge in [-0.3, -0.25) is 9.36 Å². The quantitative estimate of drug-likeness (QED) is 0.280. The highest BCUT2D eigenvalue weighted by Crippen LogP contribution is 2.54. The van der Waals surface area contributed by atoms with Gasteiger partial charge >= 0.3 is 7.60 Å². The molecule has 0 saturated heterocycles. The predicted molar refractivity (Wildman–Crippen MR) is 122 cm³/mol. The molecule has 29 heavy (non-hydrogen) atoms. The Balaban J connectivity index is 1.72. The highest BCUT2D eigenvalue weighted by molar-refractivity contribution is 9.10. The van der Waals surface area contributed by atoms with Gasteiger partial charge in [-0.05, 0) is 69.6 Å². The van der Waals surface area contributed by atoms with Crippen molar-refractivity contribution >= 4 is 78.9 Å². The molecule has 0 bridgehead atoms. The van der Waals surface area contributed by atoms with Crippen LogP contribution >= 0.6 is 46.5 Å². The minimum atomic E-state index is -4.79. The third-order valence-electron chi connectivity index (χ3n) is 4.51. The zero-order valence-corrected chi connectivity index (χ0v) is 18.7. The second-order valence-electron chi connectivity index (χ2n) is 6.52. The van der Waals surface area contributed by atoms with E-state index in [4.69, 9.17) is 11.6 Å². The first-order chi connectivity index (χ1) is 13.7. The Morgan fingerprint density at radius 3 is 2.55 bits per heavy atom. The van der Waals surface area contributed by atoms with Gasteiger partial charge in [-0.2, -0.15) is 0 Å². The van der Waals surface area contributed by atoms with Crippen molar-refractivity contribution in [1.29, 1.82) is 0 Å². The van der Waals surface area contributed by atoms with Crippen LogP contribution in [0, 0.1) is 0 Å². The summed E-state index contributed by atoms with van der Waals surface area (Å²) in [6, 6.07) is 16.1. The highest BCUT2D eigenvalue weighted by atomic mass is 79.9. The number of halogens is 2. The van der Waals surface area contributed by atoms with Crippen molar-refractivity contribution in [2.45, 2.75) is 5.66 Å². The Bertz CT molecular complexity index is 1300. The maximum atomic E-state index is 12.9. The van der Waals surface area contributed by atoms with Crippen LogP contribution in [0.25, 0.3) is 20.9 Å². The molecule has 1 aromatic heterocycles. The van der Waals surface area contributed by atoms with Crippen LogP contribution in [0.2, 0.25) is 5.02 Å². The molecule has 1 heterocycles. The van der Waals surface area contributed by atoms with E-state index in [0.29, 0.717) is 16.1 Å². The lowest BCUT2D eigenvalue weighted by Crippen LogP contribution is -2.21. The Morgan fingerprint density at radius 2 is 1.79 bits per heavy atom. The third kappa shape index (κ3) is 4.26. The predicted octanol–water partition coefficient (Wildman–Crippen LogP) is 6.33. The zero-order chi connectivity index (χ0) is 20.8. The first-order valence-electron chi connectivity index (χ1n) is 8.44. The molecule has 1 atom stereocenters. The summed E-state index contributed by atoms with van der Waals surface area (Å²) < 4.78 is 14.0. The number of anilines is 1. The number of amides is 1. The maximum Gasteiger partial charge on any atom is 0.342 e. The molecule has 148 valence electrons. The minimum Gasteiger partial charge on any atom is -0.325 e. The summed E-state index contributed by atoms with van der Waals surface area (Å²) in [5, 5.41) is 7.12. The van der Waals surface area contributed by atoms with Crippen LogP contribution in [0.1, 0.15) is 11.2 Å². The largest absolute Gasteiger partial charge is 0.342 e. The van der Waals surface area contributed by atoms with E-state index in [2.05, 4.69) is 21.2 Å². The van der Waals surface area contributed by atoms with E-state index in [1.165, 1.54) is 11.3 Å². The number of carbonyl (C=O) groups is 1. The topological polar surface area (TPSA) is 86.6 Å². The van der Waals surface area contributed by atoms with Crippen molar-refractivity contribution in [1.82, 2.24) is 0 Å². The molecule has 0 aliphatic heterocycles. The number of benzene rings is 3. The molecule has 0 radical (unpaired) electrons. The van der Waals surface area contributed by atoms with E-state index < -0.39 is 19.2 Å². The van der Waals surface area contributed by atoms with Gasteiger partial charge in [0.15, 0.2) is 5.66 Å². The van der Waals surface area contributed by atoms with Crippen LogP contribution in [-0.2, 0) is 9.36 Å². The number of carbonyl (C=O) groups excluding carboxylic acids is 1. The number of nitrogens with one attached hydrogen (secondary N) is 1. The summed E-state index contributed by atoms with van der Waals surface area (Å²) in [7, 11) is -4.79. The average Bonchev–Trinajstić information content (AvgIpc) is 3.03. The van der Waals surface area contributed by atoms with Crippen molar-refractivity contribution in [2.24, 2.45) is 0 Å². The smallest absolute Gasteiger partial charge is 0.325 e. The molecule has 9 heteroatoms. The average molecular weight is 511 g/mol. The van der Waals surface area contributed by atoms with Gasteiger partial charge in [0, 0.05) is 19.9 Å². The Hall–Kier alpha value is -1.73. The van der Waals surface area contributed by atoms with Crippen LogP contribution in [0.3, 0.4) is 0 Å². The van der Waals surface area contributed by atoms with Gasteiger partial charge in [0.1, 0.15) is 0 Å². The van der Waals surface area contributed by atoms with E-state index >= 15 is 0 Å². The molecule has 3 aromatic carbocycles. The van der Waals surface area contributed by atoms with Gasteiger partial charge in [-0.25, -0.2) is 0 Å². The fourth-order valence-corrected chi connectivity index (χ4v) is 5.78. The first kappa shape index (κ1) is 20.5. The Labute approximate surface area is 183 Å². The normalized spacial score (nSPS) is 13.0. The SMILES string of the molecule is O=C(Nc1ccc2cc(Br)ccc2c1)C(c1csc2ccc(Cl)cc12)P(=O)(O)O. The van der Waals surface area contributed by atoms with Crippen LogP contribution in [0.15, 0.2) is 64.5 Å². The lowest BCUT2D eigenvalue weighted by molar-refractivity contribution is -0.116. The molecule has 5 nitrogen and oxygen atoms in total.